The zero-order valence-electron chi connectivity index (χ0n) is 11.2. The zero-order chi connectivity index (χ0) is 14.8. The van der Waals surface area contributed by atoms with Crippen LogP contribution in [0.5, 0.6) is 0 Å². The Morgan fingerprint density at radius 2 is 2.00 bits per heavy atom. The van der Waals surface area contributed by atoms with E-state index in [9.17, 15) is 18.3 Å². The van der Waals surface area contributed by atoms with Crippen LogP contribution in [0.15, 0.2) is 18.2 Å². The van der Waals surface area contributed by atoms with E-state index in [0.717, 1.165) is 6.07 Å². The molecule has 0 aliphatic carbocycles. The van der Waals surface area contributed by atoms with Gasteiger partial charge in [0.25, 0.3) is 0 Å². The van der Waals surface area contributed by atoms with Crippen LogP contribution in [0.25, 0.3) is 0 Å². The summed E-state index contributed by atoms with van der Waals surface area (Å²) in [7, 11) is 1.62. The molecule has 0 atom stereocenters. The first kappa shape index (κ1) is 15.1. The SMILES string of the molecule is CN(CC1(O)CCOCC1)c1cccc(C(F)(F)F)n1. The van der Waals surface area contributed by atoms with Gasteiger partial charge in [0.1, 0.15) is 11.5 Å². The Hall–Kier alpha value is -1.34. The molecule has 0 saturated carbocycles. The first-order valence-corrected chi connectivity index (χ1v) is 6.36. The fourth-order valence-electron chi connectivity index (χ4n) is 2.23. The lowest BCUT2D eigenvalue weighted by Gasteiger charge is -2.35. The molecule has 1 aliphatic heterocycles. The number of aliphatic hydroxyl groups is 1. The second-order valence-electron chi connectivity index (χ2n) is 5.07. The smallest absolute Gasteiger partial charge is 0.388 e. The summed E-state index contributed by atoms with van der Waals surface area (Å²) in [5.74, 6) is 0.194. The Bertz CT molecular complexity index is 459. The fraction of sp³-hybridized carbons (Fsp3) is 0.615. The van der Waals surface area contributed by atoms with Crippen LogP contribution in [-0.2, 0) is 10.9 Å². The van der Waals surface area contributed by atoms with Crippen molar-refractivity contribution in [2.24, 2.45) is 0 Å². The van der Waals surface area contributed by atoms with Crippen molar-refractivity contribution < 1.29 is 23.0 Å². The van der Waals surface area contributed by atoms with E-state index in [0.29, 0.717) is 26.1 Å². The summed E-state index contributed by atoms with van der Waals surface area (Å²) in [5, 5.41) is 10.4. The lowest BCUT2D eigenvalue weighted by Crippen LogP contribution is -2.46. The molecule has 1 aromatic heterocycles. The quantitative estimate of drug-likeness (QED) is 0.926. The van der Waals surface area contributed by atoms with Gasteiger partial charge in [-0.3, -0.25) is 0 Å². The standard InChI is InChI=1S/C13H17F3N2O2/c1-18(9-12(19)5-7-20-8-6-12)11-4-2-3-10(17-11)13(14,15)16/h2-4,19H,5-9H2,1H3. The number of alkyl halides is 3. The second-order valence-corrected chi connectivity index (χ2v) is 5.07. The van der Waals surface area contributed by atoms with Gasteiger partial charge >= 0.3 is 6.18 Å². The lowest BCUT2D eigenvalue weighted by atomic mass is 9.94. The van der Waals surface area contributed by atoms with Crippen molar-refractivity contribution in [2.45, 2.75) is 24.6 Å². The molecule has 7 heteroatoms. The topological polar surface area (TPSA) is 45.6 Å². The van der Waals surface area contributed by atoms with E-state index in [4.69, 9.17) is 4.74 Å². The normalized spacial score (nSPS) is 18.9. The molecule has 0 spiro atoms. The maximum atomic E-state index is 12.6. The van der Waals surface area contributed by atoms with E-state index < -0.39 is 17.5 Å². The number of anilines is 1. The molecule has 4 nitrogen and oxygen atoms in total. The molecule has 1 saturated heterocycles. The Balaban J connectivity index is 2.11. The van der Waals surface area contributed by atoms with Gasteiger partial charge in [-0.1, -0.05) is 6.07 Å². The van der Waals surface area contributed by atoms with Crippen molar-refractivity contribution in [3.05, 3.63) is 23.9 Å². The van der Waals surface area contributed by atoms with Crippen molar-refractivity contribution in [1.82, 2.24) is 4.98 Å². The molecule has 0 aromatic carbocycles. The van der Waals surface area contributed by atoms with Gasteiger partial charge in [-0.2, -0.15) is 13.2 Å². The zero-order valence-corrected chi connectivity index (χ0v) is 11.2. The van der Waals surface area contributed by atoms with Gasteiger partial charge in [0.2, 0.25) is 0 Å². The summed E-state index contributed by atoms with van der Waals surface area (Å²) < 4.78 is 43.0. The minimum Gasteiger partial charge on any atom is -0.388 e. The van der Waals surface area contributed by atoms with E-state index >= 15 is 0 Å². The molecular weight excluding hydrogens is 273 g/mol. The van der Waals surface area contributed by atoms with E-state index in [2.05, 4.69) is 4.98 Å². The molecular formula is C13H17F3N2O2. The van der Waals surface area contributed by atoms with Gasteiger partial charge in [0.05, 0.1) is 5.60 Å². The number of ether oxygens (including phenoxy) is 1. The Morgan fingerprint density at radius 1 is 1.35 bits per heavy atom. The van der Waals surface area contributed by atoms with E-state index in [1.807, 2.05) is 0 Å². The van der Waals surface area contributed by atoms with Crippen molar-refractivity contribution in [3.8, 4) is 0 Å². The highest BCUT2D eigenvalue weighted by Crippen LogP contribution is 2.29. The molecule has 0 bridgehead atoms. The Morgan fingerprint density at radius 3 is 2.60 bits per heavy atom. The number of hydrogen-bond acceptors (Lipinski definition) is 4. The van der Waals surface area contributed by atoms with Gasteiger partial charge in [-0.25, -0.2) is 4.98 Å². The molecule has 1 aromatic rings. The third-order valence-electron chi connectivity index (χ3n) is 3.37. The van der Waals surface area contributed by atoms with Crippen LogP contribution in [0.2, 0.25) is 0 Å². The average molecular weight is 290 g/mol. The fourth-order valence-corrected chi connectivity index (χ4v) is 2.23. The number of rotatable bonds is 3. The average Bonchev–Trinajstić information content (AvgIpc) is 2.38. The number of halogens is 3. The molecule has 0 unspecified atom stereocenters. The molecule has 0 radical (unpaired) electrons. The van der Waals surface area contributed by atoms with Crippen LogP contribution >= 0.6 is 0 Å². The Kier molecular flexibility index (Phi) is 4.19. The van der Waals surface area contributed by atoms with Gasteiger partial charge < -0.3 is 14.7 Å². The molecule has 20 heavy (non-hydrogen) atoms. The van der Waals surface area contributed by atoms with Crippen molar-refractivity contribution in [2.75, 3.05) is 31.7 Å². The summed E-state index contributed by atoms with van der Waals surface area (Å²) in [6, 6.07) is 3.74. The molecule has 1 N–H and O–H groups in total. The third-order valence-corrected chi connectivity index (χ3v) is 3.37. The molecule has 1 fully saturated rings. The summed E-state index contributed by atoms with van der Waals surface area (Å²) in [5.41, 5.74) is -1.87. The predicted octanol–water partition coefficient (Wildman–Crippen LogP) is 2.08. The maximum absolute atomic E-state index is 12.6. The number of pyridine rings is 1. The number of likely N-dealkylation sites (N-methyl/N-ethyl adjacent to an activating group) is 1. The largest absolute Gasteiger partial charge is 0.433 e. The van der Waals surface area contributed by atoms with Gasteiger partial charge in [-0.15, -0.1) is 0 Å². The first-order valence-electron chi connectivity index (χ1n) is 6.36. The summed E-state index contributed by atoms with van der Waals surface area (Å²) in [4.78, 5) is 5.14. The predicted molar refractivity (Wildman–Crippen MR) is 67.5 cm³/mol. The van der Waals surface area contributed by atoms with Crippen LogP contribution < -0.4 is 4.90 Å². The van der Waals surface area contributed by atoms with Crippen LogP contribution in [0.4, 0.5) is 19.0 Å². The van der Waals surface area contributed by atoms with Crippen molar-refractivity contribution in [3.63, 3.8) is 0 Å². The van der Waals surface area contributed by atoms with E-state index in [1.165, 1.54) is 12.1 Å². The highest BCUT2D eigenvalue weighted by atomic mass is 19.4. The van der Waals surface area contributed by atoms with Crippen LogP contribution in [-0.4, -0.2) is 42.5 Å². The highest BCUT2D eigenvalue weighted by Gasteiger charge is 2.34. The van der Waals surface area contributed by atoms with E-state index in [1.54, 1.807) is 11.9 Å². The molecule has 1 aliphatic rings. The van der Waals surface area contributed by atoms with Gasteiger partial charge in [0, 0.05) is 39.6 Å². The van der Waals surface area contributed by atoms with Crippen LogP contribution in [0.3, 0.4) is 0 Å². The molecule has 112 valence electrons. The van der Waals surface area contributed by atoms with Crippen LogP contribution in [0.1, 0.15) is 18.5 Å². The second kappa shape index (κ2) is 5.57. The molecule has 2 rings (SSSR count). The number of aromatic nitrogens is 1. The minimum atomic E-state index is -4.47. The molecule has 0 amide bonds. The Labute approximate surface area is 115 Å². The maximum Gasteiger partial charge on any atom is 0.433 e. The lowest BCUT2D eigenvalue weighted by molar-refractivity contribution is -0.141. The summed E-state index contributed by atoms with van der Waals surface area (Å²) in [6.07, 6.45) is -3.53. The monoisotopic (exact) mass is 290 g/mol. The summed E-state index contributed by atoms with van der Waals surface area (Å²) in [6.45, 7) is 1.14. The van der Waals surface area contributed by atoms with Crippen molar-refractivity contribution in [1.29, 1.82) is 0 Å². The first-order chi connectivity index (χ1) is 9.30. The van der Waals surface area contributed by atoms with Crippen LogP contribution in [0, 0.1) is 0 Å². The molecule has 2 heterocycles. The van der Waals surface area contributed by atoms with Crippen molar-refractivity contribution >= 4 is 5.82 Å². The minimum absolute atomic E-state index is 0.194. The highest BCUT2D eigenvalue weighted by molar-refractivity contribution is 5.39. The van der Waals surface area contributed by atoms with Gasteiger partial charge in [-0.05, 0) is 12.1 Å². The third kappa shape index (κ3) is 3.61. The van der Waals surface area contributed by atoms with Gasteiger partial charge in [0.15, 0.2) is 0 Å². The number of nitrogens with zero attached hydrogens (tertiary/aromatic N) is 2. The van der Waals surface area contributed by atoms with E-state index in [-0.39, 0.29) is 12.4 Å². The summed E-state index contributed by atoms with van der Waals surface area (Å²) >= 11 is 0. The number of hydrogen-bond donors (Lipinski definition) is 1.